The number of nitrogens with one attached hydrogen (secondary N) is 2. The van der Waals surface area contributed by atoms with Gasteiger partial charge in [-0.1, -0.05) is 19.1 Å². The summed E-state index contributed by atoms with van der Waals surface area (Å²) in [6, 6.07) is 8.28. The summed E-state index contributed by atoms with van der Waals surface area (Å²) < 4.78 is 0. The number of fused-ring (bicyclic) bond motifs is 1. The van der Waals surface area contributed by atoms with Crippen molar-refractivity contribution in [2.45, 2.75) is 13.2 Å². The van der Waals surface area contributed by atoms with Crippen LogP contribution in [0.4, 0.5) is 11.4 Å². The molecule has 1 aromatic carbocycles. The summed E-state index contributed by atoms with van der Waals surface area (Å²) in [7, 11) is 0. The van der Waals surface area contributed by atoms with Crippen LogP contribution in [-0.4, -0.2) is 6.98 Å². The van der Waals surface area contributed by atoms with E-state index in [2.05, 4.69) is 29.5 Å². The SMILES string of the molecule is CCB1Nc2ccccc2N1. The molecule has 1 aromatic rings. The molecule has 0 saturated carbocycles. The standard InChI is InChI=1S/C8H11BN2/c1-2-9-10-7-5-3-4-6-8(7)11-9/h3-6,10-11H,2H2,1H3. The first-order valence-electron chi connectivity index (χ1n) is 4.02. The molecule has 0 saturated heterocycles. The van der Waals surface area contributed by atoms with Crippen LogP contribution in [0.15, 0.2) is 24.3 Å². The highest BCUT2D eigenvalue weighted by Crippen LogP contribution is 2.27. The number of anilines is 2. The summed E-state index contributed by atoms with van der Waals surface area (Å²) in [6.07, 6.45) is 1.11. The Bertz CT molecular complexity index is 237. The minimum atomic E-state index is 0.424. The van der Waals surface area contributed by atoms with Crippen LogP contribution >= 0.6 is 0 Å². The maximum atomic E-state index is 3.37. The van der Waals surface area contributed by atoms with E-state index in [1.165, 1.54) is 11.4 Å². The molecule has 0 amide bonds. The Labute approximate surface area is 67.1 Å². The molecule has 11 heavy (non-hydrogen) atoms. The van der Waals surface area contributed by atoms with E-state index in [0.717, 1.165) is 6.32 Å². The zero-order chi connectivity index (χ0) is 7.68. The minimum Gasteiger partial charge on any atom is -0.408 e. The van der Waals surface area contributed by atoms with Gasteiger partial charge in [0.2, 0.25) is 0 Å². The third-order valence-corrected chi connectivity index (χ3v) is 1.99. The Morgan fingerprint density at radius 1 is 1.18 bits per heavy atom. The molecule has 0 aliphatic carbocycles. The van der Waals surface area contributed by atoms with Gasteiger partial charge in [-0.25, -0.2) is 0 Å². The molecular formula is C8H11BN2. The summed E-state index contributed by atoms with van der Waals surface area (Å²) in [5.74, 6) is 0. The van der Waals surface area contributed by atoms with E-state index < -0.39 is 0 Å². The molecule has 1 aliphatic heterocycles. The molecule has 2 nitrogen and oxygen atoms in total. The van der Waals surface area contributed by atoms with Gasteiger partial charge in [0.15, 0.2) is 0 Å². The summed E-state index contributed by atoms with van der Waals surface area (Å²) in [6.45, 7) is 2.59. The number of rotatable bonds is 1. The molecule has 0 unspecified atom stereocenters. The van der Waals surface area contributed by atoms with Crippen molar-refractivity contribution in [2.75, 3.05) is 10.5 Å². The monoisotopic (exact) mass is 146 g/mol. The second-order valence-electron chi connectivity index (χ2n) is 2.80. The van der Waals surface area contributed by atoms with Gasteiger partial charge in [-0.05, 0) is 18.5 Å². The molecule has 0 fully saturated rings. The highest BCUT2D eigenvalue weighted by molar-refractivity contribution is 6.68. The molecule has 0 atom stereocenters. The van der Waals surface area contributed by atoms with Gasteiger partial charge < -0.3 is 10.5 Å². The minimum absolute atomic E-state index is 0.424. The Morgan fingerprint density at radius 2 is 1.73 bits per heavy atom. The third-order valence-electron chi connectivity index (χ3n) is 1.99. The number of hydrogen-bond acceptors (Lipinski definition) is 2. The van der Waals surface area contributed by atoms with Crippen molar-refractivity contribution in [3.05, 3.63) is 24.3 Å². The van der Waals surface area contributed by atoms with Crippen LogP contribution in [0.2, 0.25) is 6.32 Å². The average molecular weight is 146 g/mol. The van der Waals surface area contributed by atoms with Crippen LogP contribution in [0.1, 0.15) is 6.92 Å². The van der Waals surface area contributed by atoms with Gasteiger partial charge in [-0.3, -0.25) is 0 Å². The van der Waals surface area contributed by atoms with Gasteiger partial charge in [-0.2, -0.15) is 0 Å². The van der Waals surface area contributed by atoms with Crippen molar-refractivity contribution in [3.8, 4) is 0 Å². The summed E-state index contributed by atoms with van der Waals surface area (Å²) >= 11 is 0. The first kappa shape index (κ1) is 6.59. The van der Waals surface area contributed by atoms with E-state index >= 15 is 0 Å². The summed E-state index contributed by atoms with van der Waals surface area (Å²) in [5, 5.41) is 6.75. The summed E-state index contributed by atoms with van der Waals surface area (Å²) in [4.78, 5) is 0. The first-order chi connectivity index (χ1) is 5.40. The van der Waals surface area contributed by atoms with Crippen molar-refractivity contribution in [1.29, 1.82) is 0 Å². The number of hydrogen-bond donors (Lipinski definition) is 2. The average Bonchev–Trinajstić information content (AvgIpc) is 2.46. The van der Waals surface area contributed by atoms with Gasteiger partial charge in [0.1, 0.15) is 0 Å². The van der Waals surface area contributed by atoms with Crippen LogP contribution in [0, 0.1) is 0 Å². The fraction of sp³-hybridized carbons (Fsp3) is 0.250. The quantitative estimate of drug-likeness (QED) is 0.592. The van der Waals surface area contributed by atoms with Crippen LogP contribution in [-0.2, 0) is 0 Å². The lowest BCUT2D eigenvalue weighted by atomic mass is 9.75. The molecule has 0 bridgehead atoms. The largest absolute Gasteiger partial charge is 0.408 e. The fourth-order valence-electron chi connectivity index (χ4n) is 1.35. The van der Waals surface area contributed by atoms with Crippen molar-refractivity contribution in [1.82, 2.24) is 0 Å². The maximum Gasteiger partial charge on any atom is 0.369 e. The van der Waals surface area contributed by atoms with E-state index in [1.807, 2.05) is 12.1 Å². The van der Waals surface area contributed by atoms with Gasteiger partial charge in [-0.15, -0.1) is 0 Å². The molecular weight excluding hydrogens is 135 g/mol. The van der Waals surface area contributed by atoms with Crippen LogP contribution in [0.25, 0.3) is 0 Å². The topological polar surface area (TPSA) is 24.1 Å². The molecule has 1 aliphatic rings. The van der Waals surface area contributed by atoms with Gasteiger partial charge in [0.25, 0.3) is 0 Å². The van der Waals surface area contributed by atoms with Crippen LogP contribution in [0.3, 0.4) is 0 Å². The van der Waals surface area contributed by atoms with Crippen LogP contribution in [0.5, 0.6) is 0 Å². The highest BCUT2D eigenvalue weighted by atomic mass is 15.0. The molecule has 3 heteroatoms. The third kappa shape index (κ3) is 1.07. The molecule has 56 valence electrons. The van der Waals surface area contributed by atoms with E-state index in [0.29, 0.717) is 6.98 Å². The molecule has 0 aromatic heterocycles. The number of benzene rings is 1. The van der Waals surface area contributed by atoms with Gasteiger partial charge >= 0.3 is 6.98 Å². The molecule has 1 heterocycles. The van der Waals surface area contributed by atoms with Crippen LogP contribution < -0.4 is 10.5 Å². The molecule has 0 radical (unpaired) electrons. The van der Waals surface area contributed by atoms with Crippen molar-refractivity contribution < 1.29 is 0 Å². The molecule has 2 N–H and O–H groups in total. The maximum absolute atomic E-state index is 3.37. The zero-order valence-corrected chi connectivity index (χ0v) is 6.59. The van der Waals surface area contributed by atoms with E-state index in [1.54, 1.807) is 0 Å². The predicted molar refractivity (Wildman–Crippen MR) is 49.9 cm³/mol. The van der Waals surface area contributed by atoms with Crippen molar-refractivity contribution in [2.24, 2.45) is 0 Å². The lowest BCUT2D eigenvalue weighted by Gasteiger charge is -2.00. The molecule has 0 spiro atoms. The van der Waals surface area contributed by atoms with E-state index in [4.69, 9.17) is 0 Å². The van der Waals surface area contributed by atoms with E-state index in [9.17, 15) is 0 Å². The lowest BCUT2D eigenvalue weighted by molar-refractivity contribution is 1.41. The van der Waals surface area contributed by atoms with Crippen molar-refractivity contribution in [3.63, 3.8) is 0 Å². The Kier molecular flexibility index (Phi) is 1.49. The van der Waals surface area contributed by atoms with Crippen molar-refractivity contribution >= 4 is 18.4 Å². The second kappa shape index (κ2) is 2.49. The lowest BCUT2D eigenvalue weighted by Crippen LogP contribution is -2.26. The Morgan fingerprint density at radius 3 is 2.18 bits per heavy atom. The normalized spacial score (nSPS) is 13.7. The Hall–Kier alpha value is -1.12. The second-order valence-corrected chi connectivity index (χ2v) is 2.80. The van der Waals surface area contributed by atoms with Gasteiger partial charge in [0.05, 0.1) is 0 Å². The summed E-state index contributed by atoms with van der Waals surface area (Å²) in [5.41, 5.74) is 2.44. The zero-order valence-electron chi connectivity index (χ0n) is 6.59. The smallest absolute Gasteiger partial charge is 0.369 e. The highest BCUT2D eigenvalue weighted by Gasteiger charge is 2.21. The van der Waals surface area contributed by atoms with E-state index in [-0.39, 0.29) is 0 Å². The first-order valence-corrected chi connectivity index (χ1v) is 4.02. The molecule has 2 rings (SSSR count). The van der Waals surface area contributed by atoms with Gasteiger partial charge in [0, 0.05) is 11.4 Å². The number of para-hydroxylation sites is 2. The fourth-order valence-corrected chi connectivity index (χ4v) is 1.35. The predicted octanol–water partition coefficient (Wildman–Crippen LogP) is 2.03. The Balaban J connectivity index is 2.27.